The maximum absolute atomic E-state index is 12.8. The number of nitrogens with one attached hydrogen (secondary N) is 2. The SMILES string of the molecule is CC(C)CNC(=O)C(CSCc1ccccc1)NC(=O)COc1ccc2c3c(c(=O)oc2c1)CCCC3. The fourth-order valence-electron chi connectivity index (χ4n) is 4.38. The van der Waals surface area contributed by atoms with Gasteiger partial charge in [-0.2, -0.15) is 11.8 Å². The summed E-state index contributed by atoms with van der Waals surface area (Å²) in [5.74, 6) is 1.32. The first-order valence-corrected chi connectivity index (χ1v) is 14.0. The van der Waals surface area contributed by atoms with Crippen molar-refractivity contribution in [2.75, 3.05) is 18.9 Å². The summed E-state index contributed by atoms with van der Waals surface area (Å²) >= 11 is 1.59. The van der Waals surface area contributed by atoms with E-state index in [1.165, 1.54) is 0 Å². The van der Waals surface area contributed by atoms with E-state index in [1.54, 1.807) is 23.9 Å². The van der Waals surface area contributed by atoms with Gasteiger partial charge in [0.15, 0.2) is 6.61 Å². The van der Waals surface area contributed by atoms with Gasteiger partial charge in [-0.15, -0.1) is 0 Å². The average molecular weight is 523 g/mol. The zero-order valence-electron chi connectivity index (χ0n) is 21.4. The van der Waals surface area contributed by atoms with Crippen LogP contribution in [0.2, 0.25) is 0 Å². The molecule has 0 radical (unpaired) electrons. The highest BCUT2D eigenvalue weighted by molar-refractivity contribution is 7.98. The number of benzene rings is 2. The van der Waals surface area contributed by atoms with Crippen molar-refractivity contribution in [1.29, 1.82) is 0 Å². The molecule has 2 amide bonds. The quantitative estimate of drug-likeness (QED) is 0.366. The first kappa shape index (κ1) is 26.8. The van der Waals surface area contributed by atoms with Crippen molar-refractivity contribution in [3.8, 4) is 5.75 Å². The van der Waals surface area contributed by atoms with Gasteiger partial charge in [0, 0.05) is 35.1 Å². The molecule has 196 valence electrons. The highest BCUT2D eigenvalue weighted by Gasteiger charge is 2.22. The van der Waals surface area contributed by atoms with Crippen molar-refractivity contribution in [2.45, 2.75) is 51.3 Å². The predicted molar refractivity (Wildman–Crippen MR) is 147 cm³/mol. The maximum Gasteiger partial charge on any atom is 0.339 e. The molecule has 1 aliphatic carbocycles. The maximum atomic E-state index is 12.8. The Hall–Kier alpha value is -3.26. The Morgan fingerprint density at radius 2 is 1.81 bits per heavy atom. The van der Waals surface area contributed by atoms with E-state index in [0.29, 0.717) is 29.5 Å². The van der Waals surface area contributed by atoms with Crippen LogP contribution < -0.4 is 21.0 Å². The molecule has 8 heteroatoms. The molecule has 37 heavy (non-hydrogen) atoms. The van der Waals surface area contributed by atoms with Crippen molar-refractivity contribution in [3.63, 3.8) is 0 Å². The van der Waals surface area contributed by atoms with E-state index in [9.17, 15) is 14.4 Å². The van der Waals surface area contributed by atoms with Gasteiger partial charge in [-0.3, -0.25) is 9.59 Å². The first-order valence-electron chi connectivity index (χ1n) is 12.8. The van der Waals surface area contributed by atoms with Crippen LogP contribution in [0.25, 0.3) is 11.0 Å². The van der Waals surface area contributed by atoms with Crippen LogP contribution in [0.4, 0.5) is 0 Å². The fraction of sp³-hybridized carbons (Fsp3) is 0.414. The molecule has 3 aromatic rings. The highest BCUT2D eigenvalue weighted by atomic mass is 32.2. The molecule has 7 nitrogen and oxygen atoms in total. The third kappa shape index (κ3) is 7.38. The smallest absolute Gasteiger partial charge is 0.339 e. The lowest BCUT2D eigenvalue weighted by atomic mass is 9.91. The molecule has 2 aromatic carbocycles. The molecule has 1 aliphatic rings. The molecule has 1 aromatic heterocycles. The molecule has 1 atom stereocenters. The molecular formula is C29H34N2O5S. The normalized spacial score (nSPS) is 13.7. The first-order chi connectivity index (χ1) is 17.9. The van der Waals surface area contributed by atoms with Crippen LogP contribution in [0.5, 0.6) is 5.75 Å². The summed E-state index contributed by atoms with van der Waals surface area (Å²) < 4.78 is 11.2. The molecule has 0 saturated carbocycles. The number of fused-ring (bicyclic) bond motifs is 3. The molecule has 0 fully saturated rings. The zero-order valence-corrected chi connectivity index (χ0v) is 22.2. The summed E-state index contributed by atoms with van der Waals surface area (Å²) in [7, 11) is 0. The second-order valence-electron chi connectivity index (χ2n) is 9.76. The monoisotopic (exact) mass is 522 g/mol. The van der Waals surface area contributed by atoms with Crippen LogP contribution in [0.1, 0.15) is 43.4 Å². The molecule has 0 spiro atoms. The van der Waals surface area contributed by atoms with Gasteiger partial charge in [0.1, 0.15) is 17.4 Å². The fourth-order valence-corrected chi connectivity index (χ4v) is 5.40. The second kappa shape index (κ2) is 12.8. The Balaban J connectivity index is 1.37. The van der Waals surface area contributed by atoms with Gasteiger partial charge in [0.25, 0.3) is 5.91 Å². The molecule has 1 unspecified atom stereocenters. The number of aryl methyl sites for hydroxylation is 1. The summed E-state index contributed by atoms with van der Waals surface area (Å²) in [4.78, 5) is 37.9. The van der Waals surface area contributed by atoms with Gasteiger partial charge in [-0.1, -0.05) is 44.2 Å². The molecule has 0 aliphatic heterocycles. The van der Waals surface area contributed by atoms with Gasteiger partial charge in [0.05, 0.1) is 0 Å². The lowest BCUT2D eigenvalue weighted by molar-refractivity contribution is -0.129. The Bertz CT molecular complexity index is 1290. The minimum atomic E-state index is -0.676. The van der Waals surface area contributed by atoms with E-state index in [1.807, 2.05) is 50.2 Å². The minimum absolute atomic E-state index is 0.208. The molecule has 0 saturated heterocycles. The van der Waals surface area contributed by atoms with Crippen molar-refractivity contribution in [3.05, 3.63) is 75.6 Å². The zero-order chi connectivity index (χ0) is 26.2. The molecule has 1 heterocycles. The number of thioether (sulfide) groups is 1. The van der Waals surface area contributed by atoms with Gasteiger partial charge in [-0.25, -0.2) is 4.79 Å². The average Bonchev–Trinajstić information content (AvgIpc) is 2.90. The van der Waals surface area contributed by atoms with Gasteiger partial charge in [0.2, 0.25) is 5.91 Å². The van der Waals surface area contributed by atoms with Crippen LogP contribution in [-0.4, -0.2) is 36.8 Å². The summed E-state index contributed by atoms with van der Waals surface area (Å²) in [6.07, 6.45) is 3.67. The van der Waals surface area contributed by atoms with Crippen molar-refractivity contribution < 1.29 is 18.7 Å². The number of amides is 2. The summed E-state index contributed by atoms with van der Waals surface area (Å²) in [5, 5.41) is 6.64. The molecular weight excluding hydrogens is 488 g/mol. The predicted octanol–water partition coefficient (Wildman–Crippen LogP) is 4.24. The second-order valence-corrected chi connectivity index (χ2v) is 10.8. The van der Waals surface area contributed by atoms with Gasteiger partial charge >= 0.3 is 5.63 Å². The van der Waals surface area contributed by atoms with Crippen molar-refractivity contribution >= 4 is 34.5 Å². The van der Waals surface area contributed by atoms with Crippen LogP contribution in [0, 0.1) is 5.92 Å². The summed E-state index contributed by atoms with van der Waals surface area (Å²) in [6, 6.07) is 14.6. The number of carbonyl (C=O) groups excluding carboxylic acids is 2. The minimum Gasteiger partial charge on any atom is -0.484 e. The Morgan fingerprint density at radius 1 is 1.05 bits per heavy atom. The number of rotatable bonds is 11. The number of ether oxygens (including phenoxy) is 1. The summed E-state index contributed by atoms with van der Waals surface area (Å²) in [5.41, 5.74) is 3.17. The van der Waals surface area contributed by atoms with E-state index in [0.717, 1.165) is 53.5 Å². The molecule has 0 bridgehead atoms. The van der Waals surface area contributed by atoms with E-state index in [4.69, 9.17) is 9.15 Å². The third-order valence-corrected chi connectivity index (χ3v) is 7.40. The van der Waals surface area contributed by atoms with E-state index in [-0.39, 0.29) is 18.1 Å². The topological polar surface area (TPSA) is 97.6 Å². The van der Waals surface area contributed by atoms with Gasteiger partial charge < -0.3 is 19.8 Å². The van der Waals surface area contributed by atoms with Crippen LogP contribution in [0.15, 0.2) is 57.7 Å². The lowest BCUT2D eigenvalue weighted by Gasteiger charge is -2.19. The Morgan fingerprint density at radius 3 is 2.57 bits per heavy atom. The van der Waals surface area contributed by atoms with Crippen LogP contribution in [-0.2, 0) is 28.2 Å². The summed E-state index contributed by atoms with van der Waals surface area (Å²) in [6.45, 7) is 4.33. The van der Waals surface area contributed by atoms with E-state index >= 15 is 0 Å². The van der Waals surface area contributed by atoms with Crippen molar-refractivity contribution in [1.82, 2.24) is 10.6 Å². The van der Waals surface area contributed by atoms with Gasteiger partial charge in [-0.05, 0) is 54.9 Å². The Kier molecular flexibility index (Phi) is 9.28. The Labute approximate surface area is 221 Å². The number of hydrogen-bond donors (Lipinski definition) is 2. The largest absolute Gasteiger partial charge is 0.484 e. The van der Waals surface area contributed by atoms with Crippen molar-refractivity contribution in [2.24, 2.45) is 5.92 Å². The highest BCUT2D eigenvalue weighted by Crippen LogP contribution is 2.29. The standard InChI is InChI=1S/C29H34N2O5S/c1-19(2)15-30-28(33)25(18-37-17-20-8-4-3-5-9-20)31-27(32)16-35-21-12-13-23-22-10-6-7-11-24(22)29(34)36-26(23)14-21/h3-5,8-9,12-14,19,25H,6-7,10-11,15-18H2,1-2H3,(H,30,33)(H,31,32). The lowest BCUT2D eigenvalue weighted by Crippen LogP contribution is -2.50. The molecule has 4 rings (SSSR count). The number of hydrogen-bond acceptors (Lipinski definition) is 6. The number of carbonyl (C=O) groups is 2. The van der Waals surface area contributed by atoms with E-state index in [2.05, 4.69) is 10.6 Å². The van der Waals surface area contributed by atoms with Crippen LogP contribution in [0.3, 0.4) is 0 Å². The molecule has 2 N–H and O–H groups in total. The third-order valence-electron chi connectivity index (χ3n) is 6.30. The van der Waals surface area contributed by atoms with E-state index < -0.39 is 11.9 Å². The van der Waals surface area contributed by atoms with Crippen LogP contribution >= 0.6 is 11.8 Å².